The van der Waals surface area contributed by atoms with Crippen LogP contribution in [-0.4, -0.2) is 16.7 Å². The SMILES string of the molecule is C.CS(C)=O. The Kier molecular flexibility index (Phi) is 7.42. The first-order chi connectivity index (χ1) is 1.73. The average molecular weight is 94.2 g/mol. The van der Waals surface area contributed by atoms with E-state index >= 15 is 0 Å². The lowest BCUT2D eigenvalue weighted by Crippen LogP contribution is -1.70. The molecular formula is C3H10OS. The monoisotopic (exact) mass is 94.0 g/mol. The molecule has 0 bridgehead atoms. The van der Waals surface area contributed by atoms with Gasteiger partial charge in [-0.3, -0.25) is 4.21 Å². The summed E-state index contributed by atoms with van der Waals surface area (Å²) in [6.07, 6.45) is 3.28. The van der Waals surface area contributed by atoms with E-state index in [0.29, 0.717) is 0 Å². The highest BCUT2D eigenvalue weighted by atomic mass is 32.2. The molecule has 1 nitrogen and oxygen atoms in total. The maximum Gasteiger partial charge on any atom is 0.0148 e. The van der Waals surface area contributed by atoms with Crippen molar-refractivity contribution in [1.82, 2.24) is 0 Å². The van der Waals surface area contributed by atoms with Crippen LogP contribution in [0, 0.1) is 0 Å². The number of hydrogen-bond donors (Lipinski definition) is 0. The molecule has 0 aliphatic heterocycles. The summed E-state index contributed by atoms with van der Waals surface area (Å²) in [5, 5.41) is 0. The minimum absolute atomic E-state index is 0. The van der Waals surface area contributed by atoms with Gasteiger partial charge >= 0.3 is 0 Å². The summed E-state index contributed by atoms with van der Waals surface area (Å²) in [5.74, 6) is 0. The zero-order valence-electron chi connectivity index (χ0n) is 2.82. The minimum Gasteiger partial charge on any atom is -0.260 e. The molecule has 0 aromatic rings. The number of hydrogen-bond acceptors (Lipinski definition) is 1. The second-order valence-corrected chi connectivity index (χ2v) is 2.22. The van der Waals surface area contributed by atoms with Crippen LogP contribution < -0.4 is 0 Å². The van der Waals surface area contributed by atoms with Crippen LogP contribution in [0.25, 0.3) is 0 Å². The Hall–Kier alpha value is 0.150. The van der Waals surface area contributed by atoms with Gasteiger partial charge in [-0.15, -0.1) is 0 Å². The summed E-state index contributed by atoms with van der Waals surface area (Å²) in [4.78, 5) is 0. The molecule has 0 unspecified atom stereocenters. The summed E-state index contributed by atoms with van der Waals surface area (Å²) in [6.45, 7) is 0. The van der Waals surface area contributed by atoms with Gasteiger partial charge in [0.15, 0.2) is 0 Å². The Balaban J connectivity index is 0. The van der Waals surface area contributed by atoms with Gasteiger partial charge in [-0.2, -0.15) is 0 Å². The summed E-state index contributed by atoms with van der Waals surface area (Å²) in [7, 11) is -0.611. The Morgan fingerprint density at radius 2 is 1.40 bits per heavy atom. The zero-order valence-corrected chi connectivity index (χ0v) is 3.63. The van der Waals surface area contributed by atoms with Crippen molar-refractivity contribution in [1.29, 1.82) is 0 Å². The van der Waals surface area contributed by atoms with E-state index in [1.54, 1.807) is 12.5 Å². The molecule has 0 aliphatic rings. The predicted molar refractivity (Wildman–Crippen MR) is 26.7 cm³/mol. The molecule has 0 atom stereocenters. The first-order valence-corrected chi connectivity index (χ1v) is 2.95. The molecule has 0 spiro atoms. The molecule has 0 amide bonds. The van der Waals surface area contributed by atoms with Gasteiger partial charge in [0.25, 0.3) is 0 Å². The van der Waals surface area contributed by atoms with Gasteiger partial charge in [-0.05, 0) is 0 Å². The van der Waals surface area contributed by atoms with E-state index in [2.05, 4.69) is 0 Å². The molecule has 0 radical (unpaired) electrons. The molecule has 0 N–H and O–H groups in total. The average Bonchev–Trinajstić information content (AvgIpc) is 0.811. The van der Waals surface area contributed by atoms with Crippen LogP contribution >= 0.6 is 0 Å². The standard InChI is InChI=1S/C2H6OS.CH4/c1-4(2)3;/h1-2H3;1H4. The van der Waals surface area contributed by atoms with Crippen molar-refractivity contribution in [2.45, 2.75) is 7.43 Å². The van der Waals surface area contributed by atoms with Crippen LogP contribution in [0.3, 0.4) is 0 Å². The lowest BCUT2D eigenvalue weighted by molar-refractivity contribution is 0.690. The molecule has 5 heavy (non-hydrogen) atoms. The second-order valence-electron chi connectivity index (χ2n) is 0.742. The van der Waals surface area contributed by atoms with E-state index in [9.17, 15) is 4.21 Å². The van der Waals surface area contributed by atoms with Gasteiger partial charge in [0.05, 0.1) is 0 Å². The Morgan fingerprint density at radius 1 is 1.40 bits per heavy atom. The van der Waals surface area contributed by atoms with Crippen LogP contribution in [0.15, 0.2) is 0 Å². The summed E-state index contributed by atoms with van der Waals surface area (Å²) in [6, 6.07) is 0. The smallest absolute Gasteiger partial charge is 0.0148 e. The first kappa shape index (κ1) is 8.94. The molecule has 0 aromatic carbocycles. The van der Waals surface area contributed by atoms with Crippen LogP contribution in [0.5, 0.6) is 0 Å². The van der Waals surface area contributed by atoms with Crippen molar-refractivity contribution in [3.63, 3.8) is 0 Å². The Bertz CT molecular complexity index is 29.9. The number of rotatable bonds is 0. The fourth-order valence-corrected chi connectivity index (χ4v) is 0. The van der Waals surface area contributed by atoms with Gasteiger partial charge in [0.2, 0.25) is 0 Å². The maximum absolute atomic E-state index is 9.56. The van der Waals surface area contributed by atoms with Crippen LogP contribution in [0.2, 0.25) is 0 Å². The van der Waals surface area contributed by atoms with Gasteiger partial charge < -0.3 is 0 Å². The van der Waals surface area contributed by atoms with Gasteiger partial charge in [0.1, 0.15) is 0 Å². The highest BCUT2D eigenvalue weighted by molar-refractivity contribution is 7.83. The van der Waals surface area contributed by atoms with Crippen molar-refractivity contribution >= 4 is 10.8 Å². The third-order valence-corrected chi connectivity index (χ3v) is 0. The van der Waals surface area contributed by atoms with Crippen molar-refractivity contribution < 1.29 is 4.21 Å². The van der Waals surface area contributed by atoms with E-state index in [1.165, 1.54) is 0 Å². The van der Waals surface area contributed by atoms with Crippen LogP contribution in [0.1, 0.15) is 7.43 Å². The summed E-state index contributed by atoms with van der Waals surface area (Å²) < 4.78 is 9.56. The lowest BCUT2D eigenvalue weighted by atomic mass is 11.9. The van der Waals surface area contributed by atoms with Crippen molar-refractivity contribution in [3.8, 4) is 0 Å². The zero-order chi connectivity index (χ0) is 3.58. The Morgan fingerprint density at radius 3 is 1.40 bits per heavy atom. The summed E-state index contributed by atoms with van der Waals surface area (Å²) >= 11 is 0. The van der Waals surface area contributed by atoms with E-state index in [-0.39, 0.29) is 7.43 Å². The van der Waals surface area contributed by atoms with Crippen molar-refractivity contribution in [3.05, 3.63) is 0 Å². The molecule has 0 saturated heterocycles. The highest BCUT2D eigenvalue weighted by Crippen LogP contribution is 1.47. The molecule has 0 saturated carbocycles. The van der Waals surface area contributed by atoms with E-state index in [1.807, 2.05) is 0 Å². The molecule has 34 valence electrons. The fraction of sp³-hybridized carbons (Fsp3) is 1.00. The van der Waals surface area contributed by atoms with Crippen molar-refractivity contribution in [2.75, 3.05) is 12.5 Å². The molecule has 0 fully saturated rings. The van der Waals surface area contributed by atoms with Gasteiger partial charge in [0, 0.05) is 23.3 Å². The van der Waals surface area contributed by atoms with Crippen molar-refractivity contribution in [2.24, 2.45) is 0 Å². The van der Waals surface area contributed by atoms with Crippen LogP contribution in [0.4, 0.5) is 0 Å². The van der Waals surface area contributed by atoms with E-state index in [0.717, 1.165) is 0 Å². The van der Waals surface area contributed by atoms with E-state index < -0.39 is 10.8 Å². The molecule has 0 aliphatic carbocycles. The van der Waals surface area contributed by atoms with Gasteiger partial charge in [-0.25, -0.2) is 0 Å². The van der Waals surface area contributed by atoms with Gasteiger partial charge in [-0.1, -0.05) is 7.43 Å². The molecule has 0 rings (SSSR count). The largest absolute Gasteiger partial charge is 0.260 e. The third-order valence-electron chi connectivity index (χ3n) is 0. The molecule has 0 aromatic heterocycles. The lowest BCUT2D eigenvalue weighted by Gasteiger charge is -1.60. The quantitative estimate of drug-likeness (QED) is 0.430. The molecular weight excluding hydrogens is 84.1 g/mol. The third kappa shape index (κ3) is 853. The Labute approximate surface area is 35.8 Å². The maximum atomic E-state index is 9.56. The normalized spacial score (nSPS) is 7.00. The first-order valence-electron chi connectivity index (χ1n) is 0.983. The minimum atomic E-state index is -0.611. The molecule has 0 heterocycles. The molecule has 2 heteroatoms. The highest BCUT2D eigenvalue weighted by Gasteiger charge is 1.57. The predicted octanol–water partition coefficient (Wildman–Crippen LogP) is 0.631. The fourth-order valence-electron chi connectivity index (χ4n) is 0. The summed E-state index contributed by atoms with van der Waals surface area (Å²) in [5.41, 5.74) is 0. The topological polar surface area (TPSA) is 17.1 Å². The van der Waals surface area contributed by atoms with Crippen LogP contribution in [-0.2, 0) is 10.8 Å². The second kappa shape index (κ2) is 4.15. The van der Waals surface area contributed by atoms with E-state index in [4.69, 9.17) is 0 Å².